The second-order valence-electron chi connectivity index (χ2n) is 3.56. The lowest BCUT2D eigenvalue weighted by Crippen LogP contribution is -2.29. The van der Waals surface area contributed by atoms with Crippen LogP contribution in [0.5, 0.6) is 0 Å². The Hall–Kier alpha value is -0.940. The van der Waals surface area contributed by atoms with Gasteiger partial charge >= 0.3 is 0 Å². The van der Waals surface area contributed by atoms with Crippen LogP contribution in [-0.4, -0.2) is 23.5 Å². The van der Waals surface area contributed by atoms with Crippen molar-refractivity contribution in [1.82, 2.24) is 10.3 Å². The zero-order valence-electron chi connectivity index (χ0n) is 8.16. The number of nitrogens with zero attached hydrogens (tertiary/aromatic N) is 1. The molecule has 1 aliphatic rings. The van der Waals surface area contributed by atoms with Crippen molar-refractivity contribution in [2.45, 2.75) is 18.9 Å². The molecular weight excluding hydrogens is 258 g/mol. The molecule has 15 heavy (non-hydrogen) atoms. The SMILES string of the molecule is O=C(CNC1CC1)Nc1ccncc1Br. The number of rotatable bonds is 4. The molecule has 2 rings (SSSR count). The van der Waals surface area contributed by atoms with E-state index in [9.17, 15) is 4.79 Å². The van der Waals surface area contributed by atoms with Gasteiger partial charge in [0.25, 0.3) is 0 Å². The molecule has 0 saturated heterocycles. The first-order valence-corrected chi connectivity index (χ1v) is 5.68. The van der Waals surface area contributed by atoms with E-state index in [0.717, 1.165) is 10.2 Å². The minimum Gasteiger partial charge on any atom is -0.324 e. The van der Waals surface area contributed by atoms with E-state index in [1.54, 1.807) is 18.5 Å². The van der Waals surface area contributed by atoms with Crippen LogP contribution in [0.3, 0.4) is 0 Å². The molecule has 5 heteroatoms. The molecule has 1 amide bonds. The van der Waals surface area contributed by atoms with Gasteiger partial charge in [-0.05, 0) is 34.8 Å². The lowest BCUT2D eigenvalue weighted by Gasteiger charge is -2.06. The molecule has 0 unspecified atom stereocenters. The molecule has 1 aromatic heterocycles. The molecule has 0 atom stereocenters. The summed E-state index contributed by atoms with van der Waals surface area (Å²) in [6.07, 6.45) is 5.68. The topological polar surface area (TPSA) is 54.0 Å². The number of pyridine rings is 1. The summed E-state index contributed by atoms with van der Waals surface area (Å²) in [6, 6.07) is 2.32. The van der Waals surface area contributed by atoms with E-state index < -0.39 is 0 Å². The minimum atomic E-state index is -0.0196. The van der Waals surface area contributed by atoms with Crippen molar-refractivity contribution in [2.24, 2.45) is 0 Å². The Morgan fingerprint density at radius 3 is 3.07 bits per heavy atom. The second kappa shape index (κ2) is 4.72. The molecule has 4 nitrogen and oxygen atoms in total. The van der Waals surface area contributed by atoms with Gasteiger partial charge in [-0.3, -0.25) is 9.78 Å². The number of hydrogen-bond donors (Lipinski definition) is 2. The van der Waals surface area contributed by atoms with Crippen molar-refractivity contribution in [1.29, 1.82) is 0 Å². The van der Waals surface area contributed by atoms with Gasteiger partial charge < -0.3 is 10.6 Å². The van der Waals surface area contributed by atoms with Crippen LogP contribution >= 0.6 is 15.9 Å². The monoisotopic (exact) mass is 269 g/mol. The maximum absolute atomic E-state index is 11.5. The van der Waals surface area contributed by atoms with Crippen LogP contribution in [0.2, 0.25) is 0 Å². The number of halogens is 1. The summed E-state index contributed by atoms with van der Waals surface area (Å²) >= 11 is 3.32. The van der Waals surface area contributed by atoms with Crippen molar-refractivity contribution >= 4 is 27.5 Å². The first kappa shape index (κ1) is 10.6. The molecule has 0 aliphatic heterocycles. The highest BCUT2D eigenvalue weighted by Gasteiger charge is 2.21. The zero-order chi connectivity index (χ0) is 10.7. The Kier molecular flexibility index (Phi) is 3.33. The third kappa shape index (κ3) is 3.28. The fraction of sp³-hybridized carbons (Fsp3) is 0.400. The Morgan fingerprint density at radius 2 is 2.40 bits per heavy atom. The maximum atomic E-state index is 11.5. The normalized spacial score (nSPS) is 15.0. The summed E-state index contributed by atoms with van der Waals surface area (Å²) in [5.74, 6) is -0.0196. The van der Waals surface area contributed by atoms with E-state index in [-0.39, 0.29) is 5.91 Å². The molecule has 1 heterocycles. The van der Waals surface area contributed by atoms with Crippen LogP contribution in [0.15, 0.2) is 22.9 Å². The maximum Gasteiger partial charge on any atom is 0.238 e. The molecule has 1 aliphatic carbocycles. The lowest BCUT2D eigenvalue weighted by molar-refractivity contribution is -0.115. The lowest BCUT2D eigenvalue weighted by atomic mass is 10.4. The van der Waals surface area contributed by atoms with Crippen LogP contribution in [0, 0.1) is 0 Å². The largest absolute Gasteiger partial charge is 0.324 e. The van der Waals surface area contributed by atoms with Gasteiger partial charge in [0, 0.05) is 18.4 Å². The quantitative estimate of drug-likeness (QED) is 0.872. The highest BCUT2D eigenvalue weighted by molar-refractivity contribution is 9.10. The summed E-state index contributed by atoms with van der Waals surface area (Å²) in [5.41, 5.74) is 0.757. The summed E-state index contributed by atoms with van der Waals surface area (Å²) in [7, 11) is 0. The predicted octanol–water partition coefficient (Wildman–Crippen LogP) is 1.53. The fourth-order valence-electron chi connectivity index (χ4n) is 1.20. The average Bonchev–Trinajstić information content (AvgIpc) is 3.02. The number of hydrogen-bond acceptors (Lipinski definition) is 3. The zero-order valence-corrected chi connectivity index (χ0v) is 9.75. The van der Waals surface area contributed by atoms with Crippen molar-refractivity contribution in [2.75, 3.05) is 11.9 Å². The minimum absolute atomic E-state index is 0.0196. The van der Waals surface area contributed by atoms with Crippen molar-refractivity contribution in [3.63, 3.8) is 0 Å². The van der Waals surface area contributed by atoms with Gasteiger partial charge in [0.05, 0.1) is 16.7 Å². The van der Waals surface area contributed by atoms with E-state index >= 15 is 0 Å². The molecule has 0 bridgehead atoms. The highest BCUT2D eigenvalue weighted by Crippen LogP contribution is 2.20. The molecule has 0 aromatic carbocycles. The number of anilines is 1. The molecule has 1 saturated carbocycles. The second-order valence-corrected chi connectivity index (χ2v) is 4.41. The number of nitrogens with one attached hydrogen (secondary N) is 2. The Labute approximate surface area is 96.6 Å². The van der Waals surface area contributed by atoms with Crippen LogP contribution in [0.25, 0.3) is 0 Å². The first-order chi connectivity index (χ1) is 7.25. The third-order valence-corrected chi connectivity index (χ3v) is 2.81. The van der Waals surface area contributed by atoms with Crippen molar-refractivity contribution in [3.05, 3.63) is 22.9 Å². The molecule has 0 radical (unpaired) electrons. The number of carbonyl (C=O) groups excluding carboxylic acids is 1. The van der Waals surface area contributed by atoms with Crippen LogP contribution < -0.4 is 10.6 Å². The van der Waals surface area contributed by atoms with E-state index in [1.807, 2.05) is 0 Å². The summed E-state index contributed by atoms with van der Waals surface area (Å²) < 4.78 is 0.796. The van der Waals surface area contributed by atoms with Crippen molar-refractivity contribution in [3.8, 4) is 0 Å². The summed E-state index contributed by atoms with van der Waals surface area (Å²) in [5, 5.41) is 5.96. The van der Waals surface area contributed by atoms with E-state index in [2.05, 4.69) is 31.5 Å². The molecule has 80 valence electrons. The molecule has 1 fully saturated rings. The van der Waals surface area contributed by atoms with E-state index in [0.29, 0.717) is 12.6 Å². The van der Waals surface area contributed by atoms with Crippen LogP contribution in [0.4, 0.5) is 5.69 Å². The standard InChI is InChI=1S/C10H12BrN3O/c11-8-5-12-4-3-9(8)14-10(15)6-13-7-1-2-7/h3-5,7,13H,1-2,6H2,(H,12,14,15). The van der Waals surface area contributed by atoms with Gasteiger partial charge in [-0.25, -0.2) is 0 Å². The number of aromatic nitrogens is 1. The van der Waals surface area contributed by atoms with E-state index in [4.69, 9.17) is 0 Å². The van der Waals surface area contributed by atoms with Gasteiger partial charge in [0.1, 0.15) is 0 Å². The average molecular weight is 270 g/mol. The smallest absolute Gasteiger partial charge is 0.238 e. The Balaban J connectivity index is 1.84. The Morgan fingerprint density at radius 1 is 1.60 bits per heavy atom. The van der Waals surface area contributed by atoms with Crippen LogP contribution in [-0.2, 0) is 4.79 Å². The fourth-order valence-corrected chi connectivity index (χ4v) is 1.54. The van der Waals surface area contributed by atoms with Crippen molar-refractivity contribution < 1.29 is 4.79 Å². The Bertz CT molecular complexity index is 365. The number of carbonyl (C=O) groups is 1. The number of amides is 1. The molecule has 2 N–H and O–H groups in total. The molecule has 1 aromatic rings. The van der Waals surface area contributed by atoms with Gasteiger partial charge in [0.15, 0.2) is 0 Å². The predicted molar refractivity (Wildman–Crippen MR) is 61.6 cm³/mol. The summed E-state index contributed by atoms with van der Waals surface area (Å²) in [6.45, 7) is 0.374. The molecule has 0 spiro atoms. The highest BCUT2D eigenvalue weighted by atomic mass is 79.9. The third-order valence-electron chi connectivity index (χ3n) is 2.18. The van der Waals surface area contributed by atoms with Gasteiger partial charge in [0.2, 0.25) is 5.91 Å². The van der Waals surface area contributed by atoms with E-state index in [1.165, 1.54) is 12.8 Å². The summed E-state index contributed by atoms with van der Waals surface area (Å²) in [4.78, 5) is 15.4. The van der Waals surface area contributed by atoms with Crippen LogP contribution in [0.1, 0.15) is 12.8 Å². The van der Waals surface area contributed by atoms with Gasteiger partial charge in [-0.15, -0.1) is 0 Å². The first-order valence-electron chi connectivity index (χ1n) is 4.88. The van der Waals surface area contributed by atoms with Gasteiger partial charge in [-0.2, -0.15) is 0 Å². The van der Waals surface area contributed by atoms with Gasteiger partial charge in [-0.1, -0.05) is 0 Å². The molecular formula is C10H12BrN3O.